The van der Waals surface area contributed by atoms with Gasteiger partial charge in [0, 0.05) is 44.3 Å². The van der Waals surface area contributed by atoms with Crippen molar-refractivity contribution in [1.29, 1.82) is 0 Å². The number of benzene rings is 10. The molecule has 0 heterocycles. The molecule has 0 atom stereocenters. The predicted octanol–water partition coefficient (Wildman–Crippen LogP) is 23.0. The summed E-state index contributed by atoms with van der Waals surface area (Å²) in [4.78, 5) is 5.11. The normalized spacial score (nSPS) is 12.7. The van der Waals surface area contributed by atoms with Crippen LogP contribution in [0.15, 0.2) is 170 Å². The van der Waals surface area contributed by atoms with Crippen molar-refractivity contribution in [1.82, 2.24) is 0 Å². The van der Waals surface area contributed by atoms with E-state index in [1.807, 2.05) is 0 Å². The first-order chi connectivity index (χ1) is 36.7. The van der Waals surface area contributed by atoms with Crippen LogP contribution in [0.5, 0.6) is 0 Å². The second-order valence-corrected chi connectivity index (χ2v) is 27.3. The molecule has 0 fully saturated rings. The topological polar surface area (TPSA) is 6.48 Å². The van der Waals surface area contributed by atoms with Gasteiger partial charge in [-0.3, -0.25) is 0 Å². The second-order valence-electron chi connectivity index (χ2n) is 27.3. The lowest BCUT2D eigenvalue weighted by molar-refractivity contribution is 0.590. The molecular formula is C76H84N2. The summed E-state index contributed by atoms with van der Waals surface area (Å²) >= 11 is 0. The SMILES string of the molecule is Cc1ccc(N(c2ccc(C(C)C)cc2)c2c3ccc(C(C)(C)C)cc3c(-c3c4cc(C(C)(C)C)ccc4c(N(c4ccc(C)cc4)c4ccc(C(C)C)cc4)c4cc(C(C)(C)C)ccc34)c3ccc(C(C)(C)C)cc23)cc1. The van der Waals surface area contributed by atoms with Crippen LogP contribution in [0.3, 0.4) is 0 Å². The summed E-state index contributed by atoms with van der Waals surface area (Å²) < 4.78 is 0. The van der Waals surface area contributed by atoms with Crippen molar-refractivity contribution < 1.29 is 0 Å². The van der Waals surface area contributed by atoms with Crippen molar-refractivity contribution in [2.45, 2.75) is 158 Å². The van der Waals surface area contributed by atoms with Crippen LogP contribution >= 0.6 is 0 Å². The lowest BCUT2D eigenvalue weighted by Crippen LogP contribution is -2.15. The molecule has 2 nitrogen and oxygen atoms in total. The molecular weight excluding hydrogens is 941 g/mol. The molecule has 10 aromatic carbocycles. The smallest absolute Gasteiger partial charge is 0.0618 e. The Labute approximate surface area is 468 Å². The molecule has 0 aromatic heterocycles. The highest BCUT2D eigenvalue weighted by atomic mass is 15.2. The van der Waals surface area contributed by atoms with Gasteiger partial charge in [0.2, 0.25) is 0 Å². The van der Waals surface area contributed by atoms with E-state index in [0.717, 1.165) is 22.7 Å². The zero-order valence-corrected chi connectivity index (χ0v) is 50.2. The Morgan fingerprint density at radius 3 is 0.769 bits per heavy atom. The Balaban J connectivity index is 1.47. The van der Waals surface area contributed by atoms with Gasteiger partial charge in [-0.05, 0) is 186 Å². The van der Waals surface area contributed by atoms with Crippen LogP contribution in [0, 0.1) is 13.8 Å². The van der Waals surface area contributed by atoms with Gasteiger partial charge in [0.15, 0.2) is 0 Å². The van der Waals surface area contributed by atoms with Crippen LogP contribution < -0.4 is 9.80 Å². The summed E-state index contributed by atoms with van der Waals surface area (Å²) in [6, 6.07) is 66.7. The van der Waals surface area contributed by atoms with Crippen LogP contribution in [-0.2, 0) is 21.7 Å². The number of nitrogens with zero attached hydrogens (tertiary/aromatic N) is 2. The molecule has 0 N–H and O–H groups in total. The van der Waals surface area contributed by atoms with Crippen LogP contribution in [0.2, 0.25) is 0 Å². The number of hydrogen-bond donors (Lipinski definition) is 0. The van der Waals surface area contributed by atoms with Gasteiger partial charge in [-0.15, -0.1) is 0 Å². The van der Waals surface area contributed by atoms with Gasteiger partial charge in [-0.25, -0.2) is 0 Å². The first-order valence-corrected chi connectivity index (χ1v) is 28.7. The van der Waals surface area contributed by atoms with Gasteiger partial charge in [-0.1, -0.05) is 219 Å². The molecule has 0 aliphatic rings. The van der Waals surface area contributed by atoms with Gasteiger partial charge < -0.3 is 9.80 Å². The van der Waals surface area contributed by atoms with Gasteiger partial charge in [-0.2, -0.15) is 0 Å². The molecule has 10 aromatic rings. The number of rotatable bonds is 9. The monoisotopic (exact) mass is 1020 g/mol. The summed E-state index contributed by atoms with van der Waals surface area (Å²) in [5, 5.41) is 9.89. The molecule has 0 aliphatic heterocycles. The molecule has 0 saturated heterocycles. The number of anilines is 6. The van der Waals surface area contributed by atoms with Crippen molar-refractivity contribution in [2.24, 2.45) is 0 Å². The molecule has 0 saturated carbocycles. The Bertz CT molecular complexity index is 3600. The Hall–Kier alpha value is -7.16. The molecule has 0 spiro atoms. The van der Waals surface area contributed by atoms with E-state index in [-0.39, 0.29) is 21.7 Å². The van der Waals surface area contributed by atoms with E-state index < -0.39 is 0 Å². The summed E-state index contributed by atoms with van der Waals surface area (Å²) in [5.41, 5.74) is 19.4. The molecule has 0 bridgehead atoms. The number of hydrogen-bond acceptors (Lipinski definition) is 2. The molecule has 10 rings (SSSR count). The van der Waals surface area contributed by atoms with Crippen LogP contribution in [0.25, 0.3) is 54.2 Å². The quantitative estimate of drug-likeness (QED) is 0.133. The van der Waals surface area contributed by atoms with Gasteiger partial charge in [0.1, 0.15) is 0 Å². The third kappa shape index (κ3) is 10.1. The minimum atomic E-state index is -0.116. The van der Waals surface area contributed by atoms with E-state index in [4.69, 9.17) is 0 Å². The van der Waals surface area contributed by atoms with Crippen molar-refractivity contribution >= 4 is 77.2 Å². The molecule has 0 unspecified atom stereocenters. The fraction of sp³-hybridized carbons (Fsp3) is 0.316. The van der Waals surface area contributed by atoms with E-state index in [2.05, 4.69) is 304 Å². The largest absolute Gasteiger partial charge is 0.309 e. The van der Waals surface area contributed by atoms with Gasteiger partial charge in [0.25, 0.3) is 0 Å². The van der Waals surface area contributed by atoms with Gasteiger partial charge in [0.05, 0.1) is 11.4 Å². The Morgan fingerprint density at radius 1 is 0.269 bits per heavy atom. The average Bonchev–Trinajstić information content (AvgIpc) is 3.36. The molecule has 0 radical (unpaired) electrons. The lowest BCUT2D eigenvalue weighted by Gasteiger charge is -2.33. The lowest BCUT2D eigenvalue weighted by atomic mass is 9.78. The summed E-state index contributed by atoms with van der Waals surface area (Å²) in [6.45, 7) is 41.8. The zero-order chi connectivity index (χ0) is 56.0. The Kier molecular flexibility index (Phi) is 13.9. The molecule has 0 aliphatic carbocycles. The maximum Gasteiger partial charge on any atom is 0.0618 e. The van der Waals surface area contributed by atoms with Crippen LogP contribution in [-0.4, -0.2) is 0 Å². The van der Waals surface area contributed by atoms with Gasteiger partial charge >= 0.3 is 0 Å². The maximum atomic E-state index is 2.55. The zero-order valence-electron chi connectivity index (χ0n) is 50.2. The van der Waals surface area contributed by atoms with E-state index in [0.29, 0.717) is 11.8 Å². The second kappa shape index (κ2) is 19.9. The Morgan fingerprint density at radius 2 is 0.513 bits per heavy atom. The standard InChI is InChI=1S/C76H84N2/c1-47(2)51-23-35-59(36-24-51)77(57-31-19-49(5)20-32-57)71-63-41-29-53(73(7,8)9)43-65(63)69(61-39-27-55(45-67(61)71)75(13,14)15)70-62-40-28-56(76(16,17)18)46-68(62)72(64-42-30-54(44-66(64)70)74(10,11)12)78(58-33-21-50(6)22-34-58)60-37-25-52(26-38-60)48(3)4/h19-48H,1-18H3. The highest BCUT2D eigenvalue weighted by molar-refractivity contribution is 6.31. The highest BCUT2D eigenvalue weighted by Crippen LogP contribution is 2.55. The van der Waals surface area contributed by atoms with E-state index in [9.17, 15) is 0 Å². The summed E-state index contributed by atoms with van der Waals surface area (Å²) in [7, 11) is 0. The minimum Gasteiger partial charge on any atom is -0.309 e. The predicted molar refractivity (Wildman–Crippen MR) is 344 cm³/mol. The first kappa shape index (κ1) is 54.2. The van der Waals surface area contributed by atoms with Crippen molar-refractivity contribution in [3.63, 3.8) is 0 Å². The summed E-state index contributed by atoms with van der Waals surface area (Å²) in [6.07, 6.45) is 0. The van der Waals surface area contributed by atoms with E-state index >= 15 is 0 Å². The summed E-state index contributed by atoms with van der Waals surface area (Å²) in [5.74, 6) is 0.836. The third-order valence-electron chi connectivity index (χ3n) is 16.6. The molecule has 398 valence electrons. The number of fused-ring (bicyclic) bond motifs is 4. The maximum absolute atomic E-state index is 2.55. The van der Waals surface area contributed by atoms with Crippen molar-refractivity contribution in [2.75, 3.05) is 9.80 Å². The average molecular weight is 1030 g/mol. The molecule has 2 heteroatoms. The fourth-order valence-corrected chi connectivity index (χ4v) is 11.5. The molecule has 0 amide bonds. The van der Waals surface area contributed by atoms with Crippen molar-refractivity contribution in [3.8, 4) is 11.1 Å². The van der Waals surface area contributed by atoms with Crippen molar-refractivity contribution in [3.05, 3.63) is 214 Å². The van der Waals surface area contributed by atoms with Crippen LogP contribution in [0.4, 0.5) is 34.1 Å². The third-order valence-corrected chi connectivity index (χ3v) is 16.6. The van der Waals surface area contributed by atoms with E-state index in [1.54, 1.807) is 0 Å². The van der Waals surface area contributed by atoms with Crippen LogP contribution in [0.1, 0.15) is 167 Å². The number of aryl methyl sites for hydroxylation is 2. The first-order valence-electron chi connectivity index (χ1n) is 28.7. The minimum absolute atomic E-state index is 0.108. The highest BCUT2D eigenvalue weighted by Gasteiger charge is 2.31. The fourth-order valence-electron chi connectivity index (χ4n) is 11.5. The molecule has 78 heavy (non-hydrogen) atoms. The van der Waals surface area contributed by atoms with E-state index in [1.165, 1.54) is 110 Å².